The van der Waals surface area contributed by atoms with Crippen molar-refractivity contribution in [1.82, 2.24) is 9.62 Å². The van der Waals surface area contributed by atoms with Gasteiger partial charge in [-0.1, -0.05) is 24.6 Å². The molecule has 3 rings (SSSR count). The number of carbonyl (C=O) groups excluding carboxylic acids is 1. The van der Waals surface area contributed by atoms with Crippen LogP contribution in [0.5, 0.6) is 0 Å². The van der Waals surface area contributed by atoms with Crippen molar-refractivity contribution in [3.05, 3.63) is 47.3 Å². The van der Waals surface area contributed by atoms with Gasteiger partial charge < -0.3 is 5.32 Å². The average molecular weight is 408 g/mol. The molecule has 0 aliphatic carbocycles. The Morgan fingerprint density at radius 2 is 1.96 bits per heavy atom. The van der Waals surface area contributed by atoms with Gasteiger partial charge in [-0.05, 0) is 62.0 Å². The highest BCUT2D eigenvalue weighted by atomic mass is 32.2. The molecule has 8 heteroatoms. The first-order chi connectivity index (χ1) is 12.9. The van der Waals surface area contributed by atoms with Crippen LogP contribution >= 0.6 is 11.3 Å². The Morgan fingerprint density at radius 3 is 2.67 bits per heavy atom. The molecule has 1 fully saturated rings. The lowest BCUT2D eigenvalue weighted by molar-refractivity contribution is -0.117. The summed E-state index contributed by atoms with van der Waals surface area (Å²) < 4.78 is 27.1. The number of amides is 1. The van der Waals surface area contributed by atoms with Crippen LogP contribution in [-0.2, 0) is 21.4 Å². The van der Waals surface area contributed by atoms with E-state index in [0.29, 0.717) is 5.69 Å². The van der Waals surface area contributed by atoms with E-state index < -0.39 is 16.1 Å². The van der Waals surface area contributed by atoms with Crippen LogP contribution in [0.2, 0.25) is 0 Å². The largest absolute Gasteiger partial charge is 0.325 e. The Labute approximate surface area is 164 Å². The highest BCUT2D eigenvalue weighted by Gasteiger charge is 2.23. The number of rotatable bonds is 7. The first-order valence-corrected chi connectivity index (χ1v) is 11.5. The SMILES string of the molecule is CC(NS(=O)(=O)c1cccs1)C(=O)Nc1cccc(CN2CCCCC2)c1. The fourth-order valence-electron chi connectivity index (χ4n) is 3.13. The van der Waals surface area contributed by atoms with Crippen molar-refractivity contribution in [2.24, 2.45) is 0 Å². The first kappa shape index (κ1) is 20.0. The number of nitrogens with zero attached hydrogens (tertiary/aromatic N) is 1. The molecule has 2 heterocycles. The zero-order valence-electron chi connectivity index (χ0n) is 15.3. The van der Waals surface area contributed by atoms with Gasteiger partial charge in [-0.2, -0.15) is 4.72 Å². The molecule has 146 valence electrons. The molecule has 1 aliphatic rings. The van der Waals surface area contributed by atoms with Crippen molar-refractivity contribution in [1.29, 1.82) is 0 Å². The molecule has 1 amide bonds. The van der Waals surface area contributed by atoms with Gasteiger partial charge >= 0.3 is 0 Å². The molecule has 0 spiro atoms. The summed E-state index contributed by atoms with van der Waals surface area (Å²) in [4.78, 5) is 14.8. The smallest absolute Gasteiger partial charge is 0.250 e. The summed E-state index contributed by atoms with van der Waals surface area (Å²) in [5, 5.41) is 4.49. The molecule has 2 aromatic rings. The zero-order valence-corrected chi connectivity index (χ0v) is 17.0. The normalized spacial score (nSPS) is 16.8. The van der Waals surface area contributed by atoms with E-state index in [4.69, 9.17) is 0 Å². The van der Waals surface area contributed by atoms with Crippen LogP contribution < -0.4 is 10.0 Å². The van der Waals surface area contributed by atoms with E-state index in [9.17, 15) is 13.2 Å². The summed E-state index contributed by atoms with van der Waals surface area (Å²) in [7, 11) is -3.68. The monoisotopic (exact) mass is 407 g/mol. The van der Waals surface area contributed by atoms with E-state index in [0.717, 1.165) is 36.5 Å². The molecule has 0 bridgehead atoms. The lowest BCUT2D eigenvalue weighted by atomic mass is 10.1. The molecule has 2 N–H and O–H groups in total. The molecule has 27 heavy (non-hydrogen) atoms. The molecule has 6 nitrogen and oxygen atoms in total. The Kier molecular flexibility index (Phi) is 6.64. The Morgan fingerprint density at radius 1 is 1.19 bits per heavy atom. The lowest BCUT2D eigenvalue weighted by Gasteiger charge is -2.26. The minimum atomic E-state index is -3.68. The molecule has 1 aromatic carbocycles. The summed E-state index contributed by atoms with van der Waals surface area (Å²) in [5.74, 6) is -0.384. The van der Waals surface area contributed by atoms with E-state index in [1.807, 2.05) is 24.3 Å². The van der Waals surface area contributed by atoms with Gasteiger partial charge in [0, 0.05) is 12.2 Å². The third-order valence-corrected chi connectivity index (χ3v) is 7.47. The molecule has 0 radical (unpaired) electrons. The lowest BCUT2D eigenvalue weighted by Crippen LogP contribution is -2.41. The predicted molar refractivity (Wildman–Crippen MR) is 108 cm³/mol. The van der Waals surface area contributed by atoms with Crippen molar-refractivity contribution in [2.45, 2.75) is 43.0 Å². The van der Waals surface area contributed by atoms with Crippen LogP contribution in [0.15, 0.2) is 46.0 Å². The summed E-state index contributed by atoms with van der Waals surface area (Å²) >= 11 is 1.12. The van der Waals surface area contributed by atoms with Crippen molar-refractivity contribution in [3.63, 3.8) is 0 Å². The highest BCUT2D eigenvalue weighted by Crippen LogP contribution is 2.18. The van der Waals surface area contributed by atoms with E-state index in [-0.39, 0.29) is 10.1 Å². The van der Waals surface area contributed by atoms with Gasteiger partial charge in [0.25, 0.3) is 10.0 Å². The minimum absolute atomic E-state index is 0.200. The van der Waals surface area contributed by atoms with Crippen LogP contribution in [0.25, 0.3) is 0 Å². The number of hydrogen-bond acceptors (Lipinski definition) is 5. The second-order valence-electron chi connectivity index (χ2n) is 6.80. The number of nitrogens with one attached hydrogen (secondary N) is 2. The number of carbonyl (C=O) groups is 1. The third-order valence-electron chi connectivity index (χ3n) is 4.53. The van der Waals surface area contributed by atoms with Gasteiger partial charge in [0.15, 0.2) is 0 Å². The number of benzene rings is 1. The number of piperidine rings is 1. The second-order valence-corrected chi connectivity index (χ2v) is 9.69. The standard InChI is InChI=1S/C19H25N3O3S2/c1-15(21-27(24,25)18-9-6-12-26-18)19(23)20-17-8-5-7-16(13-17)14-22-10-3-2-4-11-22/h5-9,12-13,15,21H,2-4,10-11,14H2,1H3,(H,20,23). The molecular weight excluding hydrogens is 382 g/mol. The van der Waals surface area contributed by atoms with Gasteiger partial charge in [0.05, 0.1) is 6.04 Å². The van der Waals surface area contributed by atoms with E-state index in [1.54, 1.807) is 11.4 Å². The molecule has 1 aromatic heterocycles. The zero-order chi connectivity index (χ0) is 19.3. The quantitative estimate of drug-likeness (QED) is 0.739. The maximum absolute atomic E-state index is 12.4. The van der Waals surface area contributed by atoms with Crippen molar-refractivity contribution in [3.8, 4) is 0 Å². The summed E-state index contributed by atoms with van der Waals surface area (Å²) in [6.45, 7) is 4.62. The topological polar surface area (TPSA) is 78.5 Å². The summed E-state index contributed by atoms with van der Waals surface area (Å²) in [5.41, 5.74) is 1.82. The van der Waals surface area contributed by atoms with Crippen LogP contribution in [-0.4, -0.2) is 38.4 Å². The van der Waals surface area contributed by atoms with Crippen LogP contribution in [0.1, 0.15) is 31.7 Å². The number of anilines is 1. The second kappa shape index (κ2) is 8.97. The maximum Gasteiger partial charge on any atom is 0.250 e. The van der Waals surface area contributed by atoms with Crippen LogP contribution in [0, 0.1) is 0 Å². The summed E-state index contributed by atoms with van der Waals surface area (Å²) in [6, 6.07) is 10.0. The molecule has 1 atom stereocenters. The number of thiophene rings is 1. The van der Waals surface area contributed by atoms with Gasteiger partial charge in [0.1, 0.15) is 4.21 Å². The average Bonchev–Trinajstić information content (AvgIpc) is 3.18. The van der Waals surface area contributed by atoms with E-state index in [2.05, 4.69) is 14.9 Å². The van der Waals surface area contributed by atoms with Gasteiger partial charge in [-0.15, -0.1) is 11.3 Å². The number of sulfonamides is 1. The van der Waals surface area contributed by atoms with Gasteiger partial charge in [-0.3, -0.25) is 9.69 Å². The molecule has 1 saturated heterocycles. The van der Waals surface area contributed by atoms with Crippen molar-refractivity contribution < 1.29 is 13.2 Å². The maximum atomic E-state index is 12.4. The number of likely N-dealkylation sites (tertiary alicyclic amines) is 1. The molecular formula is C19H25N3O3S2. The molecule has 0 saturated carbocycles. The molecule has 1 unspecified atom stereocenters. The Hall–Kier alpha value is -1.74. The fourth-order valence-corrected chi connectivity index (χ4v) is 5.35. The Balaban J connectivity index is 1.59. The van der Waals surface area contributed by atoms with Crippen LogP contribution in [0.4, 0.5) is 5.69 Å². The van der Waals surface area contributed by atoms with E-state index >= 15 is 0 Å². The number of hydrogen-bond donors (Lipinski definition) is 2. The van der Waals surface area contributed by atoms with Crippen molar-refractivity contribution in [2.75, 3.05) is 18.4 Å². The van der Waals surface area contributed by atoms with Crippen LogP contribution in [0.3, 0.4) is 0 Å². The fraction of sp³-hybridized carbons (Fsp3) is 0.421. The highest BCUT2D eigenvalue weighted by molar-refractivity contribution is 7.91. The molecule has 1 aliphatic heterocycles. The van der Waals surface area contributed by atoms with Crippen molar-refractivity contribution >= 4 is 33.0 Å². The van der Waals surface area contributed by atoms with Gasteiger partial charge in [0.2, 0.25) is 5.91 Å². The minimum Gasteiger partial charge on any atom is -0.325 e. The van der Waals surface area contributed by atoms with E-state index in [1.165, 1.54) is 32.3 Å². The Bertz CT molecular complexity index is 860. The first-order valence-electron chi connectivity index (χ1n) is 9.12. The summed E-state index contributed by atoms with van der Waals surface area (Å²) in [6.07, 6.45) is 3.77. The third kappa shape index (κ3) is 5.62. The van der Waals surface area contributed by atoms with Gasteiger partial charge in [-0.25, -0.2) is 8.42 Å². The predicted octanol–water partition coefficient (Wildman–Crippen LogP) is 3.04.